The number of rotatable bonds is 8. The van der Waals surface area contributed by atoms with E-state index in [0.29, 0.717) is 58.1 Å². The molecule has 1 unspecified atom stereocenters. The van der Waals surface area contributed by atoms with Crippen LogP contribution in [0.1, 0.15) is 37.9 Å². The van der Waals surface area contributed by atoms with Crippen molar-refractivity contribution in [3.8, 4) is 11.4 Å². The summed E-state index contributed by atoms with van der Waals surface area (Å²) in [5, 5.41) is 4.52. The summed E-state index contributed by atoms with van der Waals surface area (Å²) in [6.07, 6.45) is -0.960. The second-order valence-corrected chi connectivity index (χ2v) is 9.41. The highest BCUT2D eigenvalue weighted by atomic mass is 35.5. The third kappa shape index (κ3) is 6.12. The van der Waals surface area contributed by atoms with Crippen molar-refractivity contribution in [2.75, 3.05) is 11.9 Å². The molecule has 0 amide bonds. The number of aromatic nitrogens is 3. The van der Waals surface area contributed by atoms with Gasteiger partial charge in [0.1, 0.15) is 5.69 Å². The van der Waals surface area contributed by atoms with Crippen molar-refractivity contribution < 1.29 is 17.9 Å². The minimum atomic E-state index is -4.29. The smallest absolute Gasteiger partial charge is 0.375 e. The highest BCUT2D eigenvalue weighted by molar-refractivity contribution is 6.32. The van der Waals surface area contributed by atoms with Gasteiger partial charge in [0.25, 0.3) is 0 Å². The monoisotopic (exact) mass is 514 g/mol. The van der Waals surface area contributed by atoms with E-state index in [1.54, 1.807) is 36.7 Å². The van der Waals surface area contributed by atoms with Crippen LogP contribution < -0.4 is 5.32 Å². The van der Waals surface area contributed by atoms with Crippen LogP contribution in [0.15, 0.2) is 60.9 Å². The average molecular weight is 515 g/mol. The molecular formula is C27H26ClF3N4O. The third-order valence-electron chi connectivity index (χ3n) is 5.63. The van der Waals surface area contributed by atoms with E-state index in [0.717, 1.165) is 12.3 Å². The van der Waals surface area contributed by atoms with Crippen LogP contribution in [-0.2, 0) is 11.3 Å². The molecule has 0 spiro atoms. The molecule has 36 heavy (non-hydrogen) atoms. The molecule has 0 radical (unpaired) electrons. The summed E-state index contributed by atoms with van der Waals surface area (Å²) in [5.74, 6) is -1.16. The molecule has 0 saturated carbocycles. The Morgan fingerprint density at radius 3 is 2.44 bits per heavy atom. The van der Waals surface area contributed by atoms with E-state index >= 15 is 0 Å². The maximum atomic E-state index is 13.1. The van der Waals surface area contributed by atoms with Crippen molar-refractivity contribution in [3.63, 3.8) is 0 Å². The fourth-order valence-corrected chi connectivity index (χ4v) is 3.87. The number of nitrogens with one attached hydrogen (secondary N) is 1. The lowest BCUT2D eigenvalue weighted by Crippen LogP contribution is -2.17. The van der Waals surface area contributed by atoms with Gasteiger partial charge in [-0.05, 0) is 54.8 Å². The lowest BCUT2D eigenvalue weighted by atomic mass is 10.0. The van der Waals surface area contributed by atoms with Gasteiger partial charge in [-0.2, -0.15) is 13.2 Å². The Balaban J connectivity index is 1.70. The molecule has 0 aliphatic carbocycles. The van der Waals surface area contributed by atoms with Gasteiger partial charge >= 0.3 is 6.18 Å². The predicted octanol–water partition coefficient (Wildman–Crippen LogP) is 7.93. The molecule has 4 aromatic rings. The number of nitrogens with zero attached hydrogens (tertiary/aromatic N) is 3. The van der Waals surface area contributed by atoms with E-state index in [-0.39, 0.29) is 5.56 Å². The summed E-state index contributed by atoms with van der Waals surface area (Å²) in [6, 6.07) is 13.4. The Labute approximate surface area is 212 Å². The quantitative estimate of drug-likeness (QED) is 0.259. The van der Waals surface area contributed by atoms with Crippen molar-refractivity contribution in [1.82, 2.24) is 15.0 Å². The summed E-state index contributed by atoms with van der Waals surface area (Å²) in [6.45, 7) is 6.19. The summed E-state index contributed by atoms with van der Waals surface area (Å²) in [7, 11) is 0. The topological polar surface area (TPSA) is 59.9 Å². The molecule has 4 rings (SSSR count). The van der Waals surface area contributed by atoms with Gasteiger partial charge in [0.15, 0.2) is 0 Å². The predicted molar refractivity (Wildman–Crippen MR) is 136 cm³/mol. The van der Waals surface area contributed by atoms with E-state index in [2.05, 4.69) is 29.1 Å². The maximum absolute atomic E-state index is 13.1. The molecule has 1 aromatic carbocycles. The van der Waals surface area contributed by atoms with Crippen LogP contribution in [0, 0.1) is 5.92 Å². The van der Waals surface area contributed by atoms with E-state index < -0.39 is 12.1 Å². The molecule has 188 valence electrons. The lowest BCUT2D eigenvalue weighted by molar-refractivity contribution is -0.146. The largest absolute Gasteiger partial charge is 0.395 e. The minimum Gasteiger partial charge on any atom is -0.375 e. The first-order valence-corrected chi connectivity index (χ1v) is 11.9. The Hall–Kier alpha value is -3.23. The van der Waals surface area contributed by atoms with Gasteiger partial charge in [-0.3, -0.25) is 15.0 Å². The Kier molecular flexibility index (Phi) is 7.76. The van der Waals surface area contributed by atoms with E-state index in [1.807, 2.05) is 12.1 Å². The van der Waals surface area contributed by atoms with E-state index in [4.69, 9.17) is 21.3 Å². The number of halogens is 4. The molecule has 1 N–H and O–H groups in total. The van der Waals surface area contributed by atoms with Crippen molar-refractivity contribution in [2.24, 2.45) is 5.92 Å². The number of hydrogen-bond acceptors (Lipinski definition) is 5. The summed E-state index contributed by atoms with van der Waals surface area (Å²) >= 11 is 6.32. The summed E-state index contributed by atoms with van der Waals surface area (Å²) in [4.78, 5) is 13.6. The molecular weight excluding hydrogens is 489 g/mol. The molecule has 0 aliphatic rings. The fraction of sp³-hybridized carbons (Fsp3) is 0.296. The molecule has 0 saturated heterocycles. The van der Waals surface area contributed by atoms with Gasteiger partial charge in [0.05, 0.1) is 40.1 Å². The highest BCUT2D eigenvalue weighted by Crippen LogP contribution is 2.35. The second kappa shape index (κ2) is 10.8. The standard InChI is InChI=1S/C27H26ClF3N4O/c1-16(2)14-36-15-20-11-23(34-19-8-6-18(7-9-19)17(3)27(29,30)31)21-13-33-25(12-24(21)35-20)26-22(28)5-4-10-32-26/h4-13,16-17H,14-15H2,1-3H3,(H,34,35). The maximum Gasteiger partial charge on any atom is 0.395 e. The Bertz CT molecular complexity index is 1340. The van der Waals surface area contributed by atoms with Crippen molar-refractivity contribution in [1.29, 1.82) is 0 Å². The number of anilines is 2. The number of hydrogen-bond donors (Lipinski definition) is 1. The number of alkyl halides is 3. The molecule has 9 heteroatoms. The minimum absolute atomic E-state index is 0.203. The first-order valence-electron chi connectivity index (χ1n) is 11.5. The molecule has 1 atom stereocenters. The van der Waals surface area contributed by atoms with Gasteiger partial charge in [-0.25, -0.2) is 0 Å². The zero-order valence-electron chi connectivity index (χ0n) is 20.1. The van der Waals surface area contributed by atoms with E-state index in [1.165, 1.54) is 12.1 Å². The van der Waals surface area contributed by atoms with Gasteiger partial charge in [0, 0.05) is 30.1 Å². The van der Waals surface area contributed by atoms with E-state index in [9.17, 15) is 13.2 Å². The van der Waals surface area contributed by atoms with Crippen LogP contribution >= 0.6 is 11.6 Å². The van der Waals surface area contributed by atoms with Crippen LogP contribution in [0.3, 0.4) is 0 Å². The third-order valence-corrected chi connectivity index (χ3v) is 5.94. The van der Waals surface area contributed by atoms with Crippen LogP contribution in [-0.4, -0.2) is 27.7 Å². The van der Waals surface area contributed by atoms with Crippen LogP contribution in [0.2, 0.25) is 5.02 Å². The second-order valence-electron chi connectivity index (χ2n) is 9.00. The van der Waals surface area contributed by atoms with Gasteiger partial charge < -0.3 is 10.1 Å². The molecule has 3 aromatic heterocycles. The molecule has 0 fully saturated rings. The zero-order valence-corrected chi connectivity index (χ0v) is 20.9. The molecule has 3 heterocycles. The summed E-state index contributed by atoms with van der Waals surface area (Å²) < 4.78 is 45.0. The first kappa shape index (κ1) is 25.9. The first-order chi connectivity index (χ1) is 17.1. The van der Waals surface area contributed by atoms with Crippen LogP contribution in [0.5, 0.6) is 0 Å². The summed E-state index contributed by atoms with van der Waals surface area (Å²) in [5.41, 5.74) is 4.06. The molecule has 0 aliphatic heterocycles. The fourth-order valence-electron chi connectivity index (χ4n) is 3.66. The average Bonchev–Trinajstić information content (AvgIpc) is 2.83. The Morgan fingerprint density at radius 1 is 1.03 bits per heavy atom. The number of fused-ring (bicyclic) bond motifs is 1. The normalized spacial score (nSPS) is 12.8. The van der Waals surface area contributed by atoms with Crippen LogP contribution in [0.4, 0.5) is 24.5 Å². The number of pyridine rings is 3. The lowest BCUT2D eigenvalue weighted by Gasteiger charge is -2.17. The Morgan fingerprint density at radius 2 is 1.78 bits per heavy atom. The molecule has 5 nitrogen and oxygen atoms in total. The van der Waals surface area contributed by atoms with Crippen molar-refractivity contribution >= 4 is 33.9 Å². The van der Waals surface area contributed by atoms with Gasteiger partial charge in [-0.15, -0.1) is 0 Å². The SMILES string of the molecule is CC(C)COCc1cc(Nc2ccc(C(C)C(F)(F)F)cc2)c2cnc(-c3ncccc3Cl)cc2n1. The van der Waals surface area contributed by atoms with Gasteiger partial charge in [-0.1, -0.05) is 37.6 Å². The van der Waals surface area contributed by atoms with Gasteiger partial charge in [0.2, 0.25) is 0 Å². The molecule has 0 bridgehead atoms. The zero-order chi connectivity index (χ0) is 25.9. The van der Waals surface area contributed by atoms with Crippen molar-refractivity contribution in [3.05, 3.63) is 77.2 Å². The number of benzene rings is 1. The highest BCUT2D eigenvalue weighted by Gasteiger charge is 2.36. The van der Waals surface area contributed by atoms with Crippen molar-refractivity contribution in [2.45, 2.75) is 39.5 Å². The van der Waals surface area contributed by atoms with Crippen LogP contribution in [0.25, 0.3) is 22.3 Å². The number of ether oxygens (including phenoxy) is 1.